The SMILES string of the molecule is CC1(C)c2ccccc2-c2c1c1cc(-c3ccc4ccccc4c3)ccc1c1ccc(-c3ccc4ccccc4c3)cc21. The molecule has 0 nitrogen and oxygen atoms in total. The summed E-state index contributed by atoms with van der Waals surface area (Å²) >= 11 is 0. The zero-order valence-corrected chi connectivity index (χ0v) is 24.4. The van der Waals surface area contributed by atoms with E-state index >= 15 is 0 Å². The van der Waals surface area contributed by atoms with Crippen molar-refractivity contribution < 1.29 is 0 Å². The van der Waals surface area contributed by atoms with Gasteiger partial charge in [0.1, 0.15) is 0 Å². The van der Waals surface area contributed by atoms with E-state index in [1.54, 1.807) is 0 Å². The Hall–Kier alpha value is -5.20. The predicted molar refractivity (Wildman–Crippen MR) is 185 cm³/mol. The minimum atomic E-state index is -0.112. The zero-order valence-electron chi connectivity index (χ0n) is 24.4. The van der Waals surface area contributed by atoms with Crippen molar-refractivity contribution in [3.8, 4) is 33.4 Å². The molecule has 1 aliphatic rings. The molecule has 0 heteroatoms. The van der Waals surface area contributed by atoms with E-state index in [2.05, 4.69) is 159 Å². The maximum absolute atomic E-state index is 2.45. The minimum absolute atomic E-state index is 0.112. The molecule has 0 atom stereocenters. The standard InChI is InChI=1S/C43H30/c1-43(2)40-14-8-7-13-37(40)41-38-25-33(31-17-15-27-9-3-5-11-29(27)23-31)19-21-35(38)36-22-20-34(26-39(36)42(41)43)32-18-16-28-10-4-6-12-30(28)24-32/h3-26H,1-2H3. The van der Waals surface area contributed by atoms with Gasteiger partial charge in [-0.1, -0.05) is 135 Å². The average molecular weight is 547 g/mol. The van der Waals surface area contributed by atoms with E-state index in [0.29, 0.717) is 0 Å². The molecule has 0 fully saturated rings. The first-order chi connectivity index (χ1) is 21.1. The molecule has 0 radical (unpaired) electrons. The second-order valence-electron chi connectivity index (χ2n) is 12.6. The summed E-state index contributed by atoms with van der Waals surface area (Å²) in [4.78, 5) is 0. The molecule has 0 N–H and O–H groups in total. The Kier molecular flexibility index (Phi) is 5.05. The van der Waals surface area contributed by atoms with E-state index in [1.165, 1.54) is 87.6 Å². The van der Waals surface area contributed by atoms with Gasteiger partial charge in [0.05, 0.1) is 0 Å². The summed E-state index contributed by atoms with van der Waals surface area (Å²) in [5.74, 6) is 0. The van der Waals surface area contributed by atoms with Crippen molar-refractivity contribution in [3.05, 3.63) is 157 Å². The number of benzene rings is 8. The number of hydrogen-bond donors (Lipinski definition) is 0. The Morgan fingerprint density at radius 2 is 0.837 bits per heavy atom. The molecule has 8 aromatic rings. The molecule has 0 bridgehead atoms. The van der Waals surface area contributed by atoms with Crippen LogP contribution in [0.4, 0.5) is 0 Å². The lowest BCUT2D eigenvalue weighted by Crippen LogP contribution is -2.15. The quantitative estimate of drug-likeness (QED) is 0.189. The van der Waals surface area contributed by atoms with Crippen LogP contribution in [-0.2, 0) is 5.41 Å². The van der Waals surface area contributed by atoms with Crippen LogP contribution in [0.5, 0.6) is 0 Å². The average Bonchev–Trinajstić information content (AvgIpc) is 3.31. The maximum Gasteiger partial charge on any atom is 0.0165 e. The summed E-state index contributed by atoms with van der Waals surface area (Å²) in [7, 11) is 0. The van der Waals surface area contributed by atoms with Gasteiger partial charge in [0.15, 0.2) is 0 Å². The van der Waals surface area contributed by atoms with E-state index < -0.39 is 0 Å². The predicted octanol–water partition coefficient (Wildman–Crippen LogP) is 11.9. The largest absolute Gasteiger partial charge is 0.0619 e. The Morgan fingerprint density at radius 3 is 1.47 bits per heavy atom. The molecule has 1 aliphatic carbocycles. The first-order valence-corrected chi connectivity index (χ1v) is 15.2. The highest BCUT2D eigenvalue weighted by Crippen LogP contribution is 2.55. The van der Waals surface area contributed by atoms with Crippen LogP contribution in [0.3, 0.4) is 0 Å². The third kappa shape index (κ3) is 3.57. The molecule has 0 aromatic heterocycles. The van der Waals surface area contributed by atoms with Gasteiger partial charge in [0, 0.05) is 5.41 Å². The molecule has 0 heterocycles. The number of fused-ring (bicyclic) bond motifs is 10. The minimum Gasteiger partial charge on any atom is -0.0619 e. The normalized spacial score (nSPS) is 13.5. The fourth-order valence-corrected chi connectivity index (χ4v) is 7.65. The van der Waals surface area contributed by atoms with Crippen molar-refractivity contribution in [3.63, 3.8) is 0 Å². The third-order valence-corrected chi connectivity index (χ3v) is 9.78. The molecule has 0 aliphatic heterocycles. The molecular formula is C43H30. The van der Waals surface area contributed by atoms with E-state index in [0.717, 1.165) is 0 Å². The molecule has 0 saturated heterocycles. The summed E-state index contributed by atoms with van der Waals surface area (Å²) in [5.41, 5.74) is 10.5. The summed E-state index contributed by atoms with van der Waals surface area (Å²) < 4.78 is 0. The summed E-state index contributed by atoms with van der Waals surface area (Å²) in [6, 6.07) is 54.2. The van der Waals surface area contributed by atoms with Gasteiger partial charge in [-0.15, -0.1) is 0 Å². The van der Waals surface area contributed by atoms with Gasteiger partial charge in [0.25, 0.3) is 0 Å². The Morgan fingerprint density at radius 1 is 0.372 bits per heavy atom. The van der Waals surface area contributed by atoms with Crippen molar-refractivity contribution in [1.82, 2.24) is 0 Å². The summed E-state index contributed by atoms with van der Waals surface area (Å²) in [6.07, 6.45) is 0. The Labute approximate surface area is 251 Å². The fraction of sp³-hybridized carbons (Fsp3) is 0.0698. The highest BCUT2D eigenvalue weighted by atomic mass is 14.4. The van der Waals surface area contributed by atoms with Crippen molar-refractivity contribution in [2.45, 2.75) is 19.3 Å². The van der Waals surface area contributed by atoms with Crippen LogP contribution in [-0.4, -0.2) is 0 Å². The van der Waals surface area contributed by atoms with Gasteiger partial charge in [-0.05, 0) is 112 Å². The van der Waals surface area contributed by atoms with Crippen LogP contribution in [0.15, 0.2) is 146 Å². The molecule has 0 unspecified atom stereocenters. The van der Waals surface area contributed by atoms with E-state index in [-0.39, 0.29) is 5.41 Å². The first kappa shape index (κ1) is 24.4. The molecule has 0 saturated carbocycles. The molecule has 8 aromatic carbocycles. The molecule has 43 heavy (non-hydrogen) atoms. The smallest absolute Gasteiger partial charge is 0.0165 e. The highest BCUT2D eigenvalue weighted by Gasteiger charge is 2.38. The van der Waals surface area contributed by atoms with E-state index in [1.807, 2.05) is 0 Å². The van der Waals surface area contributed by atoms with Crippen LogP contribution in [0.25, 0.3) is 76.5 Å². The van der Waals surface area contributed by atoms with Gasteiger partial charge in [-0.3, -0.25) is 0 Å². The lowest BCUT2D eigenvalue weighted by Gasteiger charge is -2.24. The van der Waals surface area contributed by atoms with Crippen LogP contribution in [0.1, 0.15) is 25.0 Å². The number of rotatable bonds is 2. The van der Waals surface area contributed by atoms with Gasteiger partial charge < -0.3 is 0 Å². The van der Waals surface area contributed by atoms with Crippen LogP contribution >= 0.6 is 0 Å². The van der Waals surface area contributed by atoms with Crippen molar-refractivity contribution in [2.75, 3.05) is 0 Å². The Bertz CT molecular complexity index is 2420. The second-order valence-corrected chi connectivity index (χ2v) is 12.6. The Balaban J connectivity index is 1.34. The lowest BCUT2D eigenvalue weighted by molar-refractivity contribution is 0.666. The topological polar surface area (TPSA) is 0 Å². The van der Waals surface area contributed by atoms with Gasteiger partial charge >= 0.3 is 0 Å². The third-order valence-electron chi connectivity index (χ3n) is 9.78. The highest BCUT2D eigenvalue weighted by molar-refractivity contribution is 6.19. The fourth-order valence-electron chi connectivity index (χ4n) is 7.65. The maximum atomic E-state index is 2.45. The zero-order chi connectivity index (χ0) is 28.7. The molecule has 0 amide bonds. The lowest BCUT2D eigenvalue weighted by atomic mass is 9.78. The van der Waals surface area contributed by atoms with Gasteiger partial charge in [0.2, 0.25) is 0 Å². The van der Waals surface area contributed by atoms with Crippen LogP contribution in [0, 0.1) is 0 Å². The second kappa shape index (κ2) is 8.90. The van der Waals surface area contributed by atoms with Crippen molar-refractivity contribution in [2.24, 2.45) is 0 Å². The molecule has 202 valence electrons. The monoisotopic (exact) mass is 546 g/mol. The van der Waals surface area contributed by atoms with E-state index in [4.69, 9.17) is 0 Å². The molecule has 9 rings (SSSR count). The molecule has 0 spiro atoms. The van der Waals surface area contributed by atoms with Crippen molar-refractivity contribution in [1.29, 1.82) is 0 Å². The van der Waals surface area contributed by atoms with Crippen LogP contribution in [0.2, 0.25) is 0 Å². The summed E-state index contributed by atoms with van der Waals surface area (Å²) in [5, 5.41) is 10.4. The van der Waals surface area contributed by atoms with Crippen molar-refractivity contribution >= 4 is 43.1 Å². The van der Waals surface area contributed by atoms with E-state index in [9.17, 15) is 0 Å². The van der Waals surface area contributed by atoms with Crippen LogP contribution < -0.4 is 0 Å². The van der Waals surface area contributed by atoms with Gasteiger partial charge in [-0.25, -0.2) is 0 Å². The molecular weight excluding hydrogens is 516 g/mol. The first-order valence-electron chi connectivity index (χ1n) is 15.2. The number of hydrogen-bond acceptors (Lipinski definition) is 0. The van der Waals surface area contributed by atoms with Gasteiger partial charge in [-0.2, -0.15) is 0 Å². The summed E-state index contributed by atoms with van der Waals surface area (Å²) in [6.45, 7) is 4.80.